The van der Waals surface area contributed by atoms with E-state index in [-0.39, 0.29) is 0 Å². The van der Waals surface area contributed by atoms with E-state index in [1.54, 1.807) is 19.2 Å². The van der Waals surface area contributed by atoms with Crippen molar-refractivity contribution in [3.8, 4) is 11.8 Å². The van der Waals surface area contributed by atoms with Gasteiger partial charge in [-0.15, -0.1) is 0 Å². The van der Waals surface area contributed by atoms with E-state index in [0.717, 1.165) is 44.3 Å². The van der Waals surface area contributed by atoms with Crippen LogP contribution in [0, 0.1) is 17.2 Å². The molecule has 0 amide bonds. The van der Waals surface area contributed by atoms with Crippen molar-refractivity contribution < 1.29 is 9.47 Å². The minimum absolute atomic E-state index is 0.646. The summed E-state index contributed by atoms with van der Waals surface area (Å²) in [5.41, 5.74) is 0.646. The Morgan fingerprint density at radius 1 is 1.33 bits per heavy atom. The Labute approximate surface area is 127 Å². The summed E-state index contributed by atoms with van der Waals surface area (Å²) < 4.78 is 10.9. The lowest BCUT2D eigenvalue weighted by atomic mass is 9.98. The van der Waals surface area contributed by atoms with E-state index in [0.29, 0.717) is 12.2 Å². The van der Waals surface area contributed by atoms with Gasteiger partial charge in [0.1, 0.15) is 5.75 Å². The second-order valence-corrected chi connectivity index (χ2v) is 5.58. The zero-order valence-electron chi connectivity index (χ0n) is 12.8. The van der Waals surface area contributed by atoms with Gasteiger partial charge in [0.2, 0.25) is 0 Å². The molecule has 1 aliphatic heterocycles. The number of ether oxygens (including phenoxy) is 2. The molecular weight excluding hydrogens is 264 g/mol. The SMILES string of the molecule is COCC1CCN(CCCOc2cccc(C#N)c2)CC1. The highest BCUT2D eigenvalue weighted by Crippen LogP contribution is 2.17. The van der Waals surface area contributed by atoms with E-state index >= 15 is 0 Å². The van der Waals surface area contributed by atoms with Crippen LogP contribution in [0.3, 0.4) is 0 Å². The molecular formula is C17H24N2O2. The summed E-state index contributed by atoms with van der Waals surface area (Å²) in [7, 11) is 1.78. The molecule has 0 radical (unpaired) electrons. The van der Waals surface area contributed by atoms with Gasteiger partial charge in [-0.1, -0.05) is 6.07 Å². The first kappa shape index (κ1) is 15.8. The molecule has 0 N–H and O–H groups in total. The first-order valence-corrected chi connectivity index (χ1v) is 7.66. The molecule has 1 heterocycles. The van der Waals surface area contributed by atoms with Crippen LogP contribution < -0.4 is 4.74 Å². The van der Waals surface area contributed by atoms with Crippen molar-refractivity contribution in [1.29, 1.82) is 5.26 Å². The predicted octanol–water partition coefficient (Wildman–Crippen LogP) is 2.69. The molecule has 0 bridgehead atoms. The zero-order valence-corrected chi connectivity index (χ0v) is 12.8. The largest absolute Gasteiger partial charge is 0.494 e. The Morgan fingerprint density at radius 2 is 2.14 bits per heavy atom. The summed E-state index contributed by atoms with van der Waals surface area (Å²) in [4.78, 5) is 2.50. The van der Waals surface area contributed by atoms with Crippen LogP contribution in [-0.4, -0.2) is 44.9 Å². The van der Waals surface area contributed by atoms with Crippen LogP contribution in [0.5, 0.6) is 5.75 Å². The maximum Gasteiger partial charge on any atom is 0.120 e. The zero-order chi connectivity index (χ0) is 14.9. The standard InChI is InChI=1S/C17H24N2O2/c1-20-14-15-6-9-19(10-7-15)8-3-11-21-17-5-2-4-16(12-17)13-18/h2,4-5,12,15H,3,6-11,14H2,1H3. The third-order valence-corrected chi connectivity index (χ3v) is 3.96. The molecule has 0 spiro atoms. The Bertz CT molecular complexity index is 462. The summed E-state index contributed by atoms with van der Waals surface area (Å²) in [6.07, 6.45) is 3.49. The topological polar surface area (TPSA) is 45.5 Å². The normalized spacial score (nSPS) is 16.6. The highest BCUT2D eigenvalue weighted by atomic mass is 16.5. The summed E-state index contributed by atoms with van der Waals surface area (Å²) in [6.45, 7) is 5.01. The van der Waals surface area contributed by atoms with Gasteiger partial charge >= 0.3 is 0 Å². The lowest BCUT2D eigenvalue weighted by molar-refractivity contribution is 0.0970. The predicted molar refractivity (Wildman–Crippen MR) is 82.3 cm³/mol. The van der Waals surface area contributed by atoms with Gasteiger partial charge in [-0.05, 0) is 56.5 Å². The lowest BCUT2D eigenvalue weighted by Gasteiger charge is -2.31. The fraction of sp³-hybridized carbons (Fsp3) is 0.588. The molecule has 0 aromatic heterocycles. The molecule has 1 aromatic rings. The minimum Gasteiger partial charge on any atom is -0.494 e. The molecule has 21 heavy (non-hydrogen) atoms. The fourth-order valence-electron chi connectivity index (χ4n) is 2.75. The van der Waals surface area contributed by atoms with Gasteiger partial charge in [0.15, 0.2) is 0 Å². The van der Waals surface area contributed by atoms with E-state index in [1.807, 2.05) is 12.1 Å². The Balaban J connectivity index is 1.61. The third-order valence-electron chi connectivity index (χ3n) is 3.96. The van der Waals surface area contributed by atoms with Gasteiger partial charge in [0, 0.05) is 20.3 Å². The molecule has 1 aromatic carbocycles. The van der Waals surface area contributed by atoms with Crippen LogP contribution >= 0.6 is 0 Å². The average molecular weight is 288 g/mol. The van der Waals surface area contributed by atoms with Crippen LogP contribution in [0.25, 0.3) is 0 Å². The Morgan fingerprint density at radius 3 is 2.86 bits per heavy atom. The lowest BCUT2D eigenvalue weighted by Crippen LogP contribution is -2.36. The molecule has 2 rings (SSSR count). The van der Waals surface area contributed by atoms with Crippen LogP contribution in [0.1, 0.15) is 24.8 Å². The smallest absolute Gasteiger partial charge is 0.120 e. The van der Waals surface area contributed by atoms with Gasteiger partial charge in [-0.2, -0.15) is 5.26 Å². The second kappa shape index (κ2) is 8.66. The van der Waals surface area contributed by atoms with Crippen LogP contribution in [-0.2, 0) is 4.74 Å². The molecule has 1 saturated heterocycles. The first-order valence-electron chi connectivity index (χ1n) is 7.66. The number of hydrogen-bond donors (Lipinski definition) is 0. The van der Waals surface area contributed by atoms with Crippen molar-refractivity contribution in [2.75, 3.05) is 40.0 Å². The molecule has 114 valence electrons. The number of methoxy groups -OCH3 is 1. The highest BCUT2D eigenvalue weighted by Gasteiger charge is 2.18. The van der Waals surface area contributed by atoms with Crippen molar-refractivity contribution in [2.45, 2.75) is 19.3 Å². The molecule has 4 nitrogen and oxygen atoms in total. The van der Waals surface area contributed by atoms with E-state index < -0.39 is 0 Å². The molecule has 0 unspecified atom stereocenters. The number of rotatable bonds is 7. The van der Waals surface area contributed by atoms with Crippen molar-refractivity contribution >= 4 is 0 Å². The van der Waals surface area contributed by atoms with Gasteiger partial charge in [0.05, 0.1) is 18.2 Å². The number of hydrogen-bond acceptors (Lipinski definition) is 4. The molecule has 1 aliphatic rings. The summed E-state index contributed by atoms with van der Waals surface area (Å²) in [5, 5.41) is 8.84. The monoisotopic (exact) mass is 288 g/mol. The van der Waals surface area contributed by atoms with Gasteiger partial charge in [-0.3, -0.25) is 0 Å². The van der Waals surface area contributed by atoms with Crippen LogP contribution in [0.4, 0.5) is 0 Å². The maximum atomic E-state index is 8.84. The average Bonchev–Trinajstić information content (AvgIpc) is 2.53. The number of nitriles is 1. The fourth-order valence-corrected chi connectivity index (χ4v) is 2.75. The van der Waals surface area contributed by atoms with Crippen molar-refractivity contribution in [3.05, 3.63) is 29.8 Å². The summed E-state index contributed by atoms with van der Waals surface area (Å²) in [5.74, 6) is 1.52. The molecule has 0 atom stereocenters. The van der Waals surface area contributed by atoms with Gasteiger partial charge < -0.3 is 14.4 Å². The Kier molecular flexibility index (Phi) is 6.52. The van der Waals surface area contributed by atoms with Crippen molar-refractivity contribution in [3.63, 3.8) is 0 Å². The van der Waals surface area contributed by atoms with E-state index in [4.69, 9.17) is 14.7 Å². The highest BCUT2D eigenvalue weighted by molar-refractivity contribution is 5.36. The molecule has 0 aliphatic carbocycles. The van der Waals surface area contributed by atoms with Crippen LogP contribution in [0.15, 0.2) is 24.3 Å². The molecule has 1 fully saturated rings. The maximum absolute atomic E-state index is 8.84. The van der Waals surface area contributed by atoms with Crippen molar-refractivity contribution in [1.82, 2.24) is 4.90 Å². The molecule has 4 heteroatoms. The quantitative estimate of drug-likeness (QED) is 0.724. The second-order valence-electron chi connectivity index (χ2n) is 5.58. The number of piperidine rings is 1. The number of benzene rings is 1. The van der Waals surface area contributed by atoms with E-state index in [9.17, 15) is 0 Å². The number of nitrogens with zero attached hydrogens (tertiary/aromatic N) is 2. The third kappa shape index (κ3) is 5.37. The summed E-state index contributed by atoms with van der Waals surface area (Å²) >= 11 is 0. The van der Waals surface area contributed by atoms with Gasteiger partial charge in [0.25, 0.3) is 0 Å². The van der Waals surface area contributed by atoms with E-state index in [1.165, 1.54) is 12.8 Å². The minimum atomic E-state index is 0.646. The first-order chi connectivity index (χ1) is 10.3. The van der Waals surface area contributed by atoms with Gasteiger partial charge in [-0.25, -0.2) is 0 Å². The van der Waals surface area contributed by atoms with Crippen LogP contribution in [0.2, 0.25) is 0 Å². The molecule has 0 saturated carbocycles. The van der Waals surface area contributed by atoms with Crippen molar-refractivity contribution in [2.24, 2.45) is 5.92 Å². The van der Waals surface area contributed by atoms with E-state index in [2.05, 4.69) is 11.0 Å². The Hall–Kier alpha value is -1.57. The number of likely N-dealkylation sites (tertiary alicyclic amines) is 1. The summed E-state index contributed by atoms with van der Waals surface area (Å²) in [6, 6.07) is 9.46.